The van der Waals surface area contributed by atoms with Gasteiger partial charge in [0.15, 0.2) is 0 Å². The fraction of sp³-hybridized carbons (Fsp3) is 0.611. The maximum absolute atomic E-state index is 8.92. The summed E-state index contributed by atoms with van der Waals surface area (Å²) in [5, 5.41) is 12.4. The fourth-order valence-corrected chi connectivity index (χ4v) is 3.01. The molecule has 1 atom stereocenters. The van der Waals surface area contributed by atoms with Gasteiger partial charge >= 0.3 is 0 Å². The average Bonchev–Trinajstić information content (AvgIpc) is 2.56. The van der Waals surface area contributed by atoms with Crippen LogP contribution in [0, 0.1) is 17.2 Å². The molecule has 4 heteroatoms. The second-order valence-corrected chi connectivity index (χ2v) is 6.28. The topological polar surface area (TPSA) is 42.3 Å². The van der Waals surface area contributed by atoms with Crippen LogP contribution in [-0.2, 0) is 6.54 Å². The molecule has 4 nitrogen and oxygen atoms in total. The van der Waals surface area contributed by atoms with Gasteiger partial charge in [0.05, 0.1) is 11.6 Å². The number of likely N-dealkylation sites (N-methyl/N-ethyl adjacent to an activating group) is 1. The van der Waals surface area contributed by atoms with E-state index in [0.717, 1.165) is 18.7 Å². The Morgan fingerprint density at radius 3 is 2.64 bits per heavy atom. The number of hydrogen-bond donors (Lipinski definition) is 1. The van der Waals surface area contributed by atoms with Crippen molar-refractivity contribution >= 4 is 0 Å². The van der Waals surface area contributed by atoms with Crippen molar-refractivity contribution in [1.82, 2.24) is 15.1 Å². The van der Waals surface area contributed by atoms with Crippen molar-refractivity contribution in [2.75, 3.05) is 45.8 Å². The van der Waals surface area contributed by atoms with Crippen LogP contribution in [0.15, 0.2) is 24.3 Å². The molecule has 22 heavy (non-hydrogen) atoms. The van der Waals surface area contributed by atoms with Crippen molar-refractivity contribution < 1.29 is 0 Å². The van der Waals surface area contributed by atoms with Crippen LogP contribution in [0.5, 0.6) is 0 Å². The quantitative estimate of drug-likeness (QED) is 0.835. The fourth-order valence-electron chi connectivity index (χ4n) is 3.01. The Balaban J connectivity index is 1.65. The predicted molar refractivity (Wildman–Crippen MR) is 90.6 cm³/mol. The van der Waals surface area contributed by atoms with Crippen molar-refractivity contribution in [3.8, 4) is 6.07 Å². The molecule has 1 aliphatic heterocycles. The lowest BCUT2D eigenvalue weighted by Crippen LogP contribution is -2.48. The van der Waals surface area contributed by atoms with Crippen molar-refractivity contribution in [2.45, 2.75) is 20.4 Å². The Hall–Kier alpha value is -1.41. The van der Waals surface area contributed by atoms with Gasteiger partial charge in [0.1, 0.15) is 0 Å². The Bertz CT molecular complexity index is 486. The van der Waals surface area contributed by atoms with Gasteiger partial charge in [-0.15, -0.1) is 0 Å². The molecule has 1 heterocycles. The van der Waals surface area contributed by atoms with Gasteiger partial charge in [-0.2, -0.15) is 5.26 Å². The number of benzene rings is 1. The zero-order valence-corrected chi connectivity index (χ0v) is 13.9. The lowest BCUT2D eigenvalue weighted by atomic mass is 10.1. The minimum atomic E-state index is 0.646. The Kier molecular flexibility index (Phi) is 6.85. The van der Waals surface area contributed by atoms with E-state index in [-0.39, 0.29) is 0 Å². The minimum Gasteiger partial charge on any atom is -0.312 e. The van der Waals surface area contributed by atoms with Crippen LogP contribution in [0.1, 0.15) is 25.0 Å². The molecule has 0 spiro atoms. The van der Waals surface area contributed by atoms with Gasteiger partial charge < -0.3 is 15.1 Å². The molecule has 0 radical (unpaired) electrons. The summed E-state index contributed by atoms with van der Waals surface area (Å²) in [6, 6.07) is 10.0. The highest BCUT2D eigenvalue weighted by Gasteiger charge is 2.17. The van der Waals surface area contributed by atoms with Crippen LogP contribution >= 0.6 is 0 Å². The van der Waals surface area contributed by atoms with Gasteiger partial charge in [-0.25, -0.2) is 0 Å². The van der Waals surface area contributed by atoms with Gasteiger partial charge in [-0.3, -0.25) is 0 Å². The molecule has 1 fully saturated rings. The molecule has 1 aliphatic rings. The first kappa shape index (κ1) is 17.0. The number of hydrogen-bond acceptors (Lipinski definition) is 4. The molecular weight excluding hydrogens is 272 g/mol. The molecule has 120 valence electrons. The second kappa shape index (κ2) is 8.89. The molecule has 2 rings (SSSR count). The summed E-state index contributed by atoms with van der Waals surface area (Å²) in [5.74, 6) is 0.646. The van der Waals surface area contributed by atoms with Gasteiger partial charge in [0, 0.05) is 39.3 Å². The highest BCUT2D eigenvalue weighted by Crippen LogP contribution is 2.06. The van der Waals surface area contributed by atoms with E-state index >= 15 is 0 Å². The van der Waals surface area contributed by atoms with Crippen LogP contribution in [0.25, 0.3) is 0 Å². The summed E-state index contributed by atoms with van der Waals surface area (Å²) in [7, 11) is 0. The SMILES string of the molecule is CCN1CCN(CC(C)CNCc2cccc(C#N)c2)CC1. The van der Waals surface area contributed by atoms with E-state index in [1.807, 2.05) is 18.2 Å². The summed E-state index contributed by atoms with van der Waals surface area (Å²) in [6.07, 6.45) is 0. The Labute approximate surface area is 134 Å². The largest absolute Gasteiger partial charge is 0.312 e. The first-order valence-corrected chi connectivity index (χ1v) is 8.35. The van der Waals surface area contributed by atoms with Crippen LogP contribution in [0.3, 0.4) is 0 Å². The third kappa shape index (κ3) is 5.42. The molecule has 0 aliphatic carbocycles. The van der Waals surface area contributed by atoms with Crippen LogP contribution in [-0.4, -0.2) is 55.6 Å². The molecule has 0 aromatic heterocycles. The zero-order valence-electron chi connectivity index (χ0n) is 13.9. The van der Waals surface area contributed by atoms with Crippen molar-refractivity contribution in [1.29, 1.82) is 5.26 Å². The number of rotatable bonds is 7. The number of piperazine rings is 1. The van der Waals surface area contributed by atoms with Gasteiger partial charge in [-0.05, 0) is 36.7 Å². The van der Waals surface area contributed by atoms with Gasteiger partial charge in [0.25, 0.3) is 0 Å². The van der Waals surface area contributed by atoms with E-state index in [0.29, 0.717) is 5.92 Å². The molecule has 0 saturated carbocycles. The van der Waals surface area contributed by atoms with E-state index in [9.17, 15) is 0 Å². The van der Waals surface area contributed by atoms with Crippen LogP contribution in [0.4, 0.5) is 0 Å². The minimum absolute atomic E-state index is 0.646. The summed E-state index contributed by atoms with van der Waals surface area (Å²) in [4.78, 5) is 5.09. The molecule has 1 N–H and O–H groups in total. The summed E-state index contributed by atoms with van der Waals surface area (Å²) < 4.78 is 0. The molecule has 1 unspecified atom stereocenters. The summed E-state index contributed by atoms with van der Waals surface area (Å²) in [6.45, 7) is 13.6. The average molecular weight is 300 g/mol. The molecular formula is C18H28N4. The lowest BCUT2D eigenvalue weighted by molar-refractivity contribution is 0.124. The summed E-state index contributed by atoms with van der Waals surface area (Å²) in [5.41, 5.74) is 1.92. The van der Waals surface area contributed by atoms with Gasteiger partial charge in [-0.1, -0.05) is 26.0 Å². The normalized spacial score (nSPS) is 18.0. The third-order valence-corrected chi connectivity index (χ3v) is 4.36. The highest BCUT2D eigenvalue weighted by molar-refractivity contribution is 5.32. The molecule has 0 amide bonds. The standard InChI is InChI=1S/C18H28N4/c1-3-21-7-9-22(10-8-21)15-16(2)13-20-14-18-6-4-5-17(11-18)12-19/h4-6,11,16,20H,3,7-10,13-15H2,1-2H3. The van der Waals surface area contributed by atoms with E-state index < -0.39 is 0 Å². The monoisotopic (exact) mass is 300 g/mol. The first-order chi connectivity index (χ1) is 10.7. The first-order valence-electron chi connectivity index (χ1n) is 8.35. The third-order valence-electron chi connectivity index (χ3n) is 4.36. The maximum atomic E-state index is 8.92. The molecule has 1 aromatic rings. The second-order valence-electron chi connectivity index (χ2n) is 6.28. The Morgan fingerprint density at radius 2 is 1.95 bits per heavy atom. The highest BCUT2D eigenvalue weighted by atomic mass is 15.3. The van der Waals surface area contributed by atoms with Gasteiger partial charge in [0.2, 0.25) is 0 Å². The molecule has 1 saturated heterocycles. The van der Waals surface area contributed by atoms with Crippen LogP contribution < -0.4 is 5.32 Å². The zero-order chi connectivity index (χ0) is 15.8. The van der Waals surface area contributed by atoms with E-state index in [1.54, 1.807) is 0 Å². The van der Waals surface area contributed by atoms with Crippen LogP contribution in [0.2, 0.25) is 0 Å². The van der Waals surface area contributed by atoms with Crippen molar-refractivity contribution in [3.63, 3.8) is 0 Å². The van der Waals surface area contributed by atoms with E-state index in [4.69, 9.17) is 5.26 Å². The van der Waals surface area contributed by atoms with E-state index in [2.05, 4.69) is 41.1 Å². The predicted octanol–water partition coefficient (Wildman–Crippen LogP) is 1.92. The van der Waals surface area contributed by atoms with Crippen molar-refractivity contribution in [3.05, 3.63) is 35.4 Å². The molecule has 0 bridgehead atoms. The number of nitrogens with one attached hydrogen (secondary N) is 1. The number of nitrogens with zero attached hydrogens (tertiary/aromatic N) is 3. The number of nitriles is 1. The summed E-state index contributed by atoms with van der Waals surface area (Å²) >= 11 is 0. The Morgan fingerprint density at radius 1 is 1.23 bits per heavy atom. The smallest absolute Gasteiger partial charge is 0.0991 e. The van der Waals surface area contributed by atoms with E-state index in [1.165, 1.54) is 44.8 Å². The maximum Gasteiger partial charge on any atom is 0.0991 e. The lowest BCUT2D eigenvalue weighted by Gasteiger charge is -2.35. The van der Waals surface area contributed by atoms with Crippen molar-refractivity contribution in [2.24, 2.45) is 5.92 Å². The molecule has 1 aromatic carbocycles.